The van der Waals surface area contributed by atoms with Crippen LogP contribution in [0.4, 0.5) is 5.82 Å². The van der Waals surface area contributed by atoms with Gasteiger partial charge in [-0.15, -0.1) is 0 Å². The average Bonchev–Trinajstić information content (AvgIpc) is 2.89. The Morgan fingerprint density at radius 1 is 1.50 bits per heavy atom. The molecule has 4 N–H and O–H groups in total. The number of hydrogen-bond donors (Lipinski definition) is 2. The molecule has 0 radical (unpaired) electrons. The molecule has 1 aromatic heterocycles. The molecule has 0 aromatic carbocycles. The number of carbonyl (C=O) groups is 1. The molecule has 1 unspecified atom stereocenters. The van der Waals surface area contributed by atoms with E-state index in [-0.39, 0.29) is 43.9 Å². The third kappa shape index (κ3) is 4.90. The van der Waals surface area contributed by atoms with Crippen molar-refractivity contribution in [2.24, 2.45) is 5.73 Å². The number of nitrogens with zero attached hydrogens (tertiary/aromatic N) is 2. The van der Waals surface area contributed by atoms with E-state index in [0.29, 0.717) is 0 Å². The van der Waals surface area contributed by atoms with Crippen molar-refractivity contribution in [1.82, 2.24) is 9.55 Å². The van der Waals surface area contributed by atoms with Gasteiger partial charge in [-0.05, 0) is 33.3 Å². The van der Waals surface area contributed by atoms with Gasteiger partial charge in [0.2, 0.25) is 0 Å². The Morgan fingerprint density at radius 3 is 2.90 bits per heavy atom. The first-order chi connectivity index (χ1) is 14.0. The lowest BCUT2D eigenvalue weighted by Crippen LogP contribution is -2.55. The van der Waals surface area contributed by atoms with Crippen LogP contribution in [0.2, 0.25) is 0 Å². The normalized spacial score (nSPS) is 33.4. The molecule has 0 spiro atoms. The van der Waals surface area contributed by atoms with Crippen LogP contribution in [0.1, 0.15) is 39.8 Å². The Labute approximate surface area is 173 Å². The number of phosphoric acid groups is 1. The molecule has 0 bridgehead atoms. The number of aromatic nitrogens is 2. The van der Waals surface area contributed by atoms with E-state index in [2.05, 4.69) is 4.98 Å². The average molecular weight is 446 g/mol. The van der Waals surface area contributed by atoms with Crippen molar-refractivity contribution < 1.29 is 32.4 Å². The third-order valence-corrected chi connectivity index (χ3v) is 6.12. The summed E-state index contributed by atoms with van der Waals surface area (Å²) in [5.74, 6) is -0.304. The van der Waals surface area contributed by atoms with E-state index in [0.717, 1.165) is 0 Å². The van der Waals surface area contributed by atoms with Crippen LogP contribution in [0, 0.1) is 0 Å². The molecule has 2 aliphatic heterocycles. The topological polar surface area (TPSA) is 167 Å². The van der Waals surface area contributed by atoms with Crippen molar-refractivity contribution >= 4 is 19.6 Å². The molecule has 2 fully saturated rings. The number of fused-ring (bicyclic) bond motifs is 1. The van der Waals surface area contributed by atoms with Crippen LogP contribution in [0.25, 0.3) is 0 Å². The Hall–Kier alpha value is -1.82. The molecule has 5 atom stereocenters. The highest BCUT2D eigenvalue weighted by Crippen LogP contribution is 2.58. The van der Waals surface area contributed by atoms with Gasteiger partial charge in [0.25, 0.3) is 0 Å². The van der Waals surface area contributed by atoms with Gasteiger partial charge in [0, 0.05) is 12.6 Å². The van der Waals surface area contributed by atoms with Crippen molar-refractivity contribution in [1.29, 1.82) is 0 Å². The molecule has 3 heterocycles. The Morgan fingerprint density at radius 2 is 2.23 bits per heavy atom. The SMILES string of the molecule is CC(C)OC(=O)CCCOP1(=O)OC[C@H]2O[C@@H](n3ccc(N)nc3=O)[C@](C)(N)[C@@H]2O1. The largest absolute Gasteiger partial charge is 0.475 e. The monoisotopic (exact) mass is 446 g/mol. The van der Waals surface area contributed by atoms with Crippen LogP contribution in [-0.4, -0.2) is 52.6 Å². The minimum absolute atomic E-state index is 0.0330. The van der Waals surface area contributed by atoms with Crippen LogP contribution in [0.3, 0.4) is 0 Å². The third-order valence-electron chi connectivity index (χ3n) is 4.67. The molecule has 30 heavy (non-hydrogen) atoms. The van der Waals surface area contributed by atoms with Crippen molar-refractivity contribution in [2.45, 2.75) is 63.7 Å². The Bertz CT molecular complexity index is 889. The van der Waals surface area contributed by atoms with Gasteiger partial charge >= 0.3 is 19.5 Å². The van der Waals surface area contributed by atoms with E-state index in [9.17, 15) is 14.2 Å². The highest BCUT2D eigenvalue weighted by Gasteiger charge is 2.59. The van der Waals surface area contributed by atoms with Crippen LogP contribution >= 0.6 is 7.82 Å². The first-order valence-corrected chi connectivity index (χ1v) is 11.0. The Kier molecular flexibility index (Phi) is 6.66. The van der Waals surface area contributed by atoms with Crippen LogP contribution < -0.4 is 17.2 Å². The van der Waals surface area contributed by atoms with Gasteiger partial charge in [0.1, 0.15) is 18.0 Å². The molecule has 2 aliphatic rings. The first kappa shape index (κ1) is 22.9. The molecule has 0 amide bonds. The van der Waals surface area contributed by atoms with Crippen molar-refractivity contribution in [3.8, 4) is 0 Å². The summed E-state index contributed by atoms with van der Waals surface area (Å²) in [6, 6.07) is 1.44. The Balaban J connectivity index is 1.62. The first-order valence-electron chi connectivity index (χ1n) is 9.58. The zero-order valence-corrected chi connectivity index (χ0v) is 17.9. The predicted octanol–water partition coefficient (Wildman–Crippen LogP) is 0.712. The number of anilines is 1. The second-order valence-electron chi connectivity index (χ2n) is 7.68. The van der Waals surface area contributed by atoms with Gasteiger partial charge in [0.05, 0.1) is 24.9 Å². The minimum atomic E-state index is -3.92. The van der Waals surface area contributed by atoms with Crippen LogP contribution in [-0.2, 0) is 32.4 Å². The highest BCUT2D eigenvalue weighted by molar-refractivity contribution is 7.48. The van der Waals surface area contributed by atoms with Crippen molar-refractivity contribution in [2.75, 3.05) is 18.9 Å². The van der Waals surface area contributed by atoms with E-state index in [1.807, 2.05) is 0 Å². The number of carbonyl (C=O) groups excluding carboxylic acids is 1. The fourth-order valence-electron chi connectivity index (χ4n) is 3.32. The lowest BCUT2D eigenvalue weighted by atomic mass is 9.93. The van der Waals surface area contributed by atoms with E-state index < -0.39 is 37.5 Å². The number of phosphoric ester groups is 1. The lowest BCUT2D eigenvalue weighted by molar-refractivity contribution is -0.147. The summed E-state index contributed by atoms with van der Waals surface area (Å²) >= 11 is 0. The molecule has 13 heteroatoms. The van der Waals surface area contributed by atoms with Crippen molar-refractivity contribution in [3.63, 3.8) is 0 Å². The summed E-state index contributed by atoms with van der Waals surface area (Å²) in [6.07, 6.45) is -0.864. The maximum absolute atomic E-state index is 12.8. The van der Waals surface area contributed by atoms with Gasteiger partial charge < -0.3 is 20.9 Å². The molecular weight excluding hydrogens is 419 g/mol. The van der Waals surface area contributed by atoms with Gasteiger partial charge in [-0.3, -0.25) is 22.9 Å². The van der Waals surface area contributed by atoms with Gasteiger partial charge in [-0.1, -0.05) is 0 Å². The minimum Gasteiger partial charge on any atom is -0.463 e. The summed E-state index contributed by atoms with van der Waals surface area (Å²) in [5.41, 5.74) is 10.1. The number of rotatable bonds is 7. The van der Waals surface area contributed by atoms with Gasteiger partial charge in [0.15, 0.2) is 6.23 Å². The summed E-state index contributed by atoms with van der Waals surface area (Å²) in [5, 5.41) is 0. The van der Waals surface area contributed by atoms with E-state index in [1.54, 1.807) is 20.8 Å². The second kappa shape index (κ2) is 8.74. The zero-order valence-electron chi connectivity index (χ0n) is 17.1. The highest BCUT2D eigenvalue weighted by atomic mass is 31.2. The number of nitrogens with two attached hydrogens (primary N) is 2. The fraction of sp³-hybridized carbons (Fsp3) is 0.706. The molecule has 2 saturated heterocycles. The van der Waals surface area contributed by atoms with Crippen LogP contribution in [0.15, 0.2) is 17.1 Å². The number of nitrogen functional groups attached to an aromatic ring is 1. The summed E-state index contributed by atoms with van der Waals surface area (Å²) in [7, 11) is -3.92. The number of hydrogen-bond acceptors (Lipinski definition) is 11. The maximum atomic E-state index is 12.8. The summed E-state index contributed by atoms with van der Waals surface area (Å²) in [4.78, 5) is 27.4. The molecule has 0 saturated carbocycles. The summed E-state index contributed by atoms with van der Waals surface area (Å²) in [6.45, 7) is 4.99. The lowest BCUT2D eigenvalue weighted by Gasteiger charge is -2.35. The molecule has 0 aliphatic carbocycles. The smallest absolute Gasteiger partial charge is 0.463 e. The molecule has 3 rings (SSSR count). The second-order valence-corrected chi connectivity index (χ2v) is 9.30. The van der Waals surface area contributed by atoms with Gasteiger partial charge in [-0.25, -0.2) is 9.36 Å². The molecule has 1 aromatic rings. The number of esters is 1. The standard InChI is InChI=1S/C17H27N4O8P/c1-10(2)27-13(22)5-4-8-25-30(24)26-9-11-14(29-30)17(3,19)15(28-11)21-7-6-12(18)20-16(21)23/h6-7,10-11,14-15H,4-5,8-9,19H2,1-3H3,(H2,18,20,23)/t11-,14-,15-,17-,30?/m1/s1. The predicted molar refractivity (Wildman–Crippen MR) is 104 cm³/mol. The maximum Gasteiger partial charge on any atom is 0.475 e. The molecule has 12 nitrogen and oxygen atoms in total. The van der Waals surface area contributed by atoms with E-state index in [4.69, 9.17) is 34.5 Å². The van der Waals surface area contributed by atoms with Gasteiger partial charge in [-0.2, -0.15) is 4.98 Å². The zero-order chi connectivity index (χ0) is 22.1. The molecule has 168 valence electrons. The van der Waals surface area contributed by atoms with Crippen molar-refractivity contribution in [3.05, 3.63) is 22.7 Å². The molecular formula is C17H27N4O8P. The number of ether oxygens (including phenoxy) is 2. The van der Waals surface area contributed by atoms with E-state index >= 15 is 0 Å². The van der Waals surface area contributed by atoms with E-state index in [1.165, 1.54) is 16.8 Å². The quantitative estimate of drug-likeness (QED) is 0.344. The fourth-order valence-corrected chi connectivity index (χ4v) is 4.84. The van der Waals surface area contributed by atoms with Crippen LogP contribution in [0.5, 0.6) is 0 Å². The summed E-state index contributed by atoms with van der Waals surface area (Å²) < 4.78 is 41.1.